The van der Waals surface area contributed by atoms with E-state index in [9.17, 15) is 4.79 Å². The summed E-state index contributed by atoms with van der Waals surface area (Å²) in [7, 11) is 0. The maximum absolute atomic E-state index is 12.3. The smallest absolute Gasteiger partial charge is 0.250 e. The fraction of sp³-hybridized carbons (Fsp3) is 0.0870. The van der Waals surface area contributed by atoms with Crippen molar-refractivity contribution in [3.8, 4) is 0 Å². The number of imidazole rings is 1. The molecule has 0 bridgehead atoms. The van der Waals surface area contributed by atoms with E-state index in [1.54, 1.807) is 18.2 Å². The predicted octanol–water partition coefficient (Wildman–Crippen LogP) is 6.29. The predicted molar refractivity (Wildman–Crippen MR) is 133 cm³/mol. The van der Waals surface area contributed by atoms with E-state index in [2.05, 4.69) is 15.1 Å². The number of amides is 1. The summed E-state index contributed by atoms with van der Waals surface area (Å²) in [6, 6.07) is 20.7. The Kier molecular flexibility index (Phi) is 7.37. The minimum Gasteiger partial charge on any atom is -0.314 e. The van der Waals surface area contributed by atoms with E-state index in [1.165, 1.54) is 18.0 Å². The van der Waals surface area contributed by atoms with Crippen molar-refractivity contribution < 1.29 is 4.79 Å². The van der Waals surface area contributed by atoms with E-state index in [0.29, 0.717) is 27.2 Å². The largest absolute Gasteiger partial charge is 0.314 e. The lowest BCUT2D eigenvalue weighted by Gasteiger charge is -2.10. The lowest BCUT2D eigenvalue weighted by molar-refractivity contribution is -0.118. The first kappa shape index (κ1) is 22.7. The van der Waals surface area contributed by atoms with Crippen LogP contribution in [0.5, 0.6) is 0 Å². The zero-order valence-electron chi connectivity index (χ0n) is 16.6. The second kappa shape index (κ2) is 10.4. The number of halogens is 3. The number of hydrogen-bond acceptors (Lipinski definition) is 4. The van der Waals surface area contributed by atoms with Gasteiger partial charge < -0.3 is 4.57 Å². The molecule has 0 spiro atoms. The maximum atomic E-state index is 12.3. The van der Waals surface area contributed by atoms with Gasteiger partial charge in [-0.05, 0) is 35.9 Å². The van der Waals surface area contributed by atoms with Gasteiger partial charge in [-0.2, -0.15) is 5.10 Å². The van der Waals surface area contributed by atoms with E-state index in [1.807, 2.05) is 48.5 Å². The van der Waals surface area contributed by atoms with E-state index in [4.69, 9.17) is 39.8 Å². The molecule has 162 valence electrons. The third kappa shape index (κ3) is 5.27. The quantitative estimate of drug-likeness (QED) is 0.183. The number of para-hydroxylation sites is 2. The molecule has 1 N–H and O–H groups in total. The molecule has 5 nitrogen and oxygen atoms in total. The van der Waals surface area contributed by atoms with Crippen LogP contribution in [-0.2, 0) is 11.3 Å². The number of fused-ring (bicyclic) bond motifs is 1. The van der Waals surface area contributed by atoms with Crippen LogP contribution in [0.15, 0.2) is 77.0 Å². The summed E-state index contributed by atoms with van der Waals surface area (Å²) in [4.78, 5) is 17.0. The summed E-state index contributed by atoms with van der Waals surface area (Å²) in [5, 5.41) is 6.29. The summed E-state index contributed by atoms with van der Waals surface area (Å²) >= 11 is 19.9. The van der Waals surface area contributed by atoms with Gasteiger partial charge in [0.15, 0.2) is 5.16 Å². The van der Waals surface area contributed by atoms with Crippen LogP contribution in [0.1, 0.15) is 11.1 Å². The van der Waals surface area contributed by atoms with Crippen LogP contribution in [0.3, 0.4) is 0 Å². The number of nitrogens with zero attached hydrogens (tertiary/aromatic N) is 3. The zero-order valence-corrected chi connectivity index (χ0v) is 19.7. The Labute approximate surface area is 204 Å². The van der Waals surface area contributed by atoms with Gasteiger partial charge in [0.1, 0.15) is 0 Å². The van der Waals surface area contributed by atoms with Gasteiger partial charge in [-0.1, -0.05) is 83.0 Å². The van der Waals surface area contributed by atoms with Crippen molar-refractivity contribution in [2.45, 2.75) is 11.7 Å². The van der Waals surface area contributed by atoms with Gasteiger partial charge in [-0.3, -0.25) is 4.79 Å². The molecular weight excluding hydrogens is 487 g/mol. The zero-order chi connectivity index (χ0) is 22.5. The van der Waals surface area contributed by atoms with Gasteiger partial charge in [0, 0.05) is 10.6 Å². The highest BCUT2D eigenvalue weighted by Gasteiger charge is 2.14. The van der Waals surface area contributed by atoms with Crippen molar-refractivity contribution in [1.29, 1.82) is 0 Å². The van der Waals surface area contributed by atoms with Crippen molar-refractivity contribution in [2.24, 2.45) is 5.10 Å². The Morgan fingerprint density at radius 3 is 2.44 bits per heavy atom. The monoisotopic (exact) mass is 502 g/mol. The average Bonchev–Trinajstić information content (AvgIpc) is 3.13. The molecule has 0 saturated heterocycles. The van der Waals surface area contributed by atoms with Crippen molar-refractivity contribution in [2.75, 3.05) is 5.75 Å². The highest BCUT2D eigenvalue weighted by atomic mass is 35.5. The van der Waals surface area contributed by atoms with Crippen molar-refractivity contribution >= 4 is 69.7 Å². The molecule has 0 fully saturated rings. The van der Waals surface area contributed by atoms with E-state index >= 15 is 0 Å². The lowest BCUT2D eigenvalue weighted by atomic mass is 10.2. The van der Waals surface area contributed by atoms with Crippen molar-refractivity contribution in [3.63, 3.8) is 0 Å². The number of hydrogen-bond donors (Lipinski definition) is 1. The SMILES string of the molecule is O=C(CSc1nc2ccccc2n1Cc1ccccc1Cl)NN=Cc1c(Cl)cccc1Cl. The summed E-state index contributed by atoms with van der Waals surface area (Å²) < 4.78 is 2.06. The molecule has 0 radical (unpaired) electrons. The molecule has 0 aliphatic heterocycles. The number of nitrogens with one attached hydrogen (secondary N) is 1. The third-order valence-electron chi connectivity index (χ3n) is 4.62. The van der Waals surface area contributed by atoms with Crippen molar-refractivity contribution in [1.82, 2.24) is 15.0 Å². The van der Waals surface area contributed by atoms with Crippen LogP contribution in [-0.4, -0.2) is 27.4 Å². The van der Waals surface area contributed by atoms with Crippen molar-refractivity contribution in [3.05, 3.63) is 92.9 Å². The maximum Gasteiger partial charge on any atom is 0.250 e. The molecule has 0 aliphatic rings. The second-order valence-corrected chi connectivity index (χ2v) is 8.94. The van der Waals surface area contributed by atoms with Gasteiger partial charge in [-0.15, -0.1) is 0 Å². The molecule has 1 amide bonds. The fourth-order valence-corrected chi connectivity index (χ4v) is 4.58. The number of carbonyl (C=O) groups excluding carboxylic acids is 1. The normalized spacial score (nSPS) is 11.3. The third-order valence-corrected chi connectivity index (χ3v) is 6.63. The molecular formula is C23H17Cl3N4OS. The number of benzene rings is 3. The van der Waals surface area contributed by atoms with E-state index in [-0.39, 0.29) is 11.7 Å². The molecule has 9 heteroatoms. The van der Waals surface area contributed by atoms with Gasteiger partial charge in [0.2, 0.25) is 0 Å². The summed E-state index contributed by atoms with van der Waals surface area (Å²) in [6.07, 6.45) is 1.43. The molecule has 0 saturated carbocycles. The first-order valence-electron chi connectivity index (χ1n) is 9.60. The molecule has 3 aromatic carbocycles. The summed E-state index contributed by atoms with van der Waals surface area (Å²) in [5.74, 6) is -0.134. The minimum atomic E-state index is -0.272. The topological polar surface area (TPSA) is 59.3 Å². The number of carbonyl (C=O) groups is 1. The standard InChI is InChI=1S/C23H17Cl3N4OS/c24-17-7-2-1-6-15(17)13-30-21-11-4-3-10-20(21)28-23(30)32-14-22(31)29-27-12-16-18(25)8-5-9-19(16)26/h1-12H,13-14H2,(H,29,31). The number of aromatic nitrogens is 2. The van der Waals surface area contributed by atoms with Gasteiger partial charge >= 0.3 is 0 Å². The van der Waals surface area contributed by atoms with Gasteiger partial charge in [0.05, 0.1) is 39.6 Å². The Bertz CT molecular complexity index is 1290. The first-order valence-corrected chi connectivity index (χ1v) is 11.7. The van der Waals surface area contributed by atoms with Gasteiger partial charge in [0.25, 0.3) is 5.91 Å². The molecule has 1 heterocycles. The van der Waals surface area contributed by atoms with Crippen LogP contribution in [0.2, 0.25) is 15.1 Å². The number of hydrazone groups is 1. The Balaban J connectivity index is 1.47. The first-order chi connectivity index (χ1) is 15.5. The molecule has 0 unspecified atom stereocenters. The Morgan fingerprint density at radius 2 is 1.66 bits per heavy atom. The van der Waals surface area contributed by atoms with E-state index in [0.717, 1.165) is 21.8 Å². The Hall–Kier alpha value is -2.51. The molecule has 4 aromatic rings. The molecule has 0 atom stereocenters. The Morgan fingerprint density at radius 1 is 0.969 bits per heavy atom. The van der Waals surface area contributed by atoms with Crippen LogP contribution >= 0.6 is 46.6 Å². The second-order valence-electron chi connectivity index (χ2n) is 6.78. The summed E-state index contributed by atoms with van der Waals surface area (Å²) in [6.45, 7) is 0.549. The summed E-state index contributed by atoms with van der Waals surface area (Å²) in [5.41, 5.74) is 5.85. The number of rotatable bonds is 7. The highest BCUT2D eigenvalue weighted by Crippen LogP contribution is 2.27. The van der Waals surface area contributed by atoms with Crippen LogP contribution in [0, 0.1) is 0 Å². The minimum absolute atomic E-state index is 0.138. The highest BCUT2D eigenvalue weighted by molar-refractivity contribution is 7.99. The van der Waals surface area contributed by atoms with Crippen LogP contribution < -0.4 is 5.43 Å². The van der Waals surface area contributed by atoms with Crippen LogP contribution in [0.4, 0.5) is 0 Å². The lowest BCUT2D eigenvalue weighted by Crippen LogP contribution is -2.20. The van der Waals surface area contributed by atoms with Gasteiger partial charge in [-0.25, -0.2) is 10.4 Å². The molecule has 32 heavy (non-hydrogen) atoms. The molecule has 0 aliphatic carbocycles. The van der Waals surface area contributed by atoms with E-state index < -0.39 is 0 Å². The number of thioether (sulfide) groups is 1. The fourth-order valence-electron chi connectivity index (χ4n) is 3.08. The van der Waals surface area contributed by atoms with Crippen LogP contribution in [0.25, 0.3) is 11.0 Å². The average molecular weight is 504 g/mol. The molecule has 1 aromatic heterocycles. The molecule has 4 rings (SSSR count).